The number of aryl methyl sites for hydroxylation is 1. The van der Waals surface area contributed by atoms with Crippen LogP contribution in [0, 0.1) is 6.92 Å². The Hall–Kier alpha value is -2.14. The monoisotopic (exact) mass is 290 g/mol. The number of amides is 1. The zero-order valence-corrected chi connectivity index (χ0v) is 12.0. The number of carbonyl (C=O) groups is 1. The predicted octanol–water partition coefficient (Wildman–Crippen LogP) is 3.12. The summed E-state index contributed by atoms with van der Waals surface area (Å²) in [6.07, 6.45) is 1.65. The molecule has 2 aromatic heterocycles. The highest BCUT2D eigenvalue weighted by Crippen LogP contribution is 2.16. The summed E-state index contributed by atoms with van der Waals surface area (Å²) in [4.78, 5) is 20.3. The second kappa shape index (κ2) is 6.34. The summed E-state index contributed by atoms with van der Waals surface area (Å²) >= 11 is 5.91. The molecular weight excluding hydrogens is 276 g/mol. The van der Waals surface area contributed by atoms with Crippen molar-refractivity contribution >= 4 is 29.1 Å². The molecule has 2 aromatic rings. The molecule has 1 amide bonds. The van der Waals surface area contributed by atoms with E-state index in [2.05, 4.69) is 20.6 Å². The molecule has 0 atom stereocenters. The Bertz CT molecular complexity index is 630. The van der Waals surface area contributed by atoms with Gasteiger partial charge in [-0.25, -0.2) is 9.97 Å². The molecule has 2 rings (SSSR count). The lowest BCUT2D eigenvalue weighted by Crippen LogP contribution is -2.14. The second-order valence-corrected chi connectivity index (χ2v) is 4.65. The van der Waals surface area contributed by atoms with Crippen molar-refractivity contribution in [2.75, 3.05) is 17.2 Å². The van der Waals surface area contributed by atoms with Gasteiger partial charge in [-0.1, -0.05) is 11.6 Å². The topological polar surface area (TPSA) is 66.9 Å². The zero-order valence-electron chi connectivity index (χ0n) is 11.3. The van der Waals surface area contributed by atoms with Gasteiger partial charge in [0.1, 0.15) is 16.8 Å². The standard InChI is InChI=1S/C14H15ClN4O/c1-3-16-13-8-10(7-11(15)18-13)14(20)19-12-6-9(2)4-5-17-12/h4-8H,3H2,1-2H3,(H,16,18)(H,17,19,20). The lowest BCUT2D eigenvalue weighted by molar-refractivity contribution is 0.102. The SMILES string of the molecule is CCNc1cc(C(=O)Nc2cc(C)ccn2)cc(Cl)n1. The van der Waals surface area contributed by atoms with Crippen LogP contribution in [0.4, 0.5) is 11.6 Å². The van der Waals surface area contributed by atoms with E-state index >= 15 is 0 Å². The van der Waals surface area contributed by atoms with Gasteiger partial charge in [-0.15, -0.1) is 0 Å². The zero-order chi connectivity index (χ0) is 14.5. The highest BCUT2D eigenvalue weighted by atomic mass is 35.5. The molecule has 2 heterocycles. The van der Waals surface area contributed by atoms with E-state index in [0.29, 0.717) is 23.7 Å². The maximum Gasteiger partial charge on any atom is 0.257 e. The summed E-state index contributed by atoms with van der Waals surface area (Å²) in [5.41, 5.74) is 1.46. The van der Waals surface area contributed by atoms with Gasteiger partial charge in [0.2, 0.25) is 0 Å². The number of hydrogen-bond acceptors (Lipinski definition) is 4. The van der Waals surface area contributed by atoms with Crippen molar-refractivity contribution in [3.8, 4) is 0 Å². The first kappa shape index (κ1) is 14.3. The Kier molecular flexibility index (Phi) is 4.53. The largest absolute Gasteiger partial charge is 0.370 e. The summed E-state index contributed by atoms with van der Waals surface area (Å²) in [6.45, 7) is 4.58. The van der Waals surface area contributed by atoms with Crippen LogP contribution < -0.4 is 10.6 Å². The van der Waals surface area contributed by atoms with Crippen LogP contribution in [0.1, 0.15) is 22.8 Å². The first-order valence-corrected chi connectivity index (χ1v) is 6.61. The van der Waals surface area contributed by atoms with E-state index in [9.17, 15) is 4.79 Å². The molecule has 0 spiro atoms. The van der Waals surface area contributed by atoms with Crippen molar-refractivity contribution in [2.24, 2.45) is 0 Å². The smallest absolute Gasteiger partial charge is 0.257 e. The van der Waals surface area contributed by atoms with Crippen LogP contribution in [0.25, 0.3) is 0 Å². The minimum atomic E-state index is -0.272. The molecule has 0 aromatic carbocycles. The van der Waals surface area contributed by atoms with Crippen molar-refractivity contribution in [3.05, 3.63) is 46.7 Å². The van der Waals surface area contributed by atoms with Gasteiger partial charge < -0.3 is 10.6 Å². The van der Waals surface area contributed by atoms with Gasteiger partial charge in [0.05, 0.1) is 0 Å². The fourth-order valence-corrected chi connectivity index (χ4v) is 1.90. The molecular formula is C14H15ClN4O. The lowest BCUT2D eigenvalue weighted by Gasteiger charge is -2.08. The Morgan fingerprint density at radius 1 is 1.30 bits per heavy atom. The summed E-state index contributed by atoms with van der Waals surface area (Å²) in [6, 6.07) is 6.84. The van der Waals surface area contributed by atoms with E-state index < -0.39 is 0 Å². The normalized spacial score (nSPS) is 10.2. The minimum absolute atomic E-state index is 0.269. The number of rotatable bonds is 4. The van der Waals surface area contributed by atoms with Gasteiger partial charge in [-0.05, 0) is 43.7 Å². The Balaban J connectivity index is 2.20. The average Bonchev–Trinajstić information content (AvgIpc) is 2.38. The third-order valence-corrected chi connectivity index (χ3v) is 2.76. The fraction of sp³-hybridized carbons (Fsp3) is 0.214. The van der Waals surface area contributed by atoms with Crippen molar-refractivity contribution in [3.63, 3.8) is 0 Å². The second-order valence-electron chi connectivity index (χ2n) is 4.27. The maximum absolute atomic E-state index is 12.2. The van der Waals surface area contributed by atoms with Crippen LogP contribution in [-0.2, 0) is 0 Å². The molecule has 0 saturated heterocycles. The third kappa shape index (κ3) is 3.68. The minimum Gasteiger partial charge on any atom is -0.370 e. The van der Waals surface area contributed by atoms with Gasteiger partial charge in [-0.3, -0.25) is 4.79 Å². The van der Waals surface area contributed by atoms with Gasteiger partial charge >= 0.3 is 0 Å². The summed E-state index contributed by atoms with van der Waals surface area (Å²) in [5, 5.41) is 6.03. The van der Waals surface area contributed by atoms with Crippen molar-refractivity contribution in [1.29, 1.82) is 0 Å². The third-order valence-electron chi connectivity index (χ3n) is 2.57. The van der Waals surface area contributed by atoms with E-state index in [-0.39, 0.29) is 11.1 Å². The number of hydrogen-bond donors (Lipinski definition) is 2. The van der Waals surface area contributed by atoms with E-state index in [1.807, 2.05) is 19.9 Å². The van der Waals surface area contributed by atoms with E-state index in [4.69, 9.17) is 11.6 Å². The number of carbonyl (C=O) groups excluding carboxylic acids is 1. The molecule has 0 saturated carbocycles. The number of nitrogens with one attached hydrogen (secondary N) is 2. The van der Waals surface area contributed by atoms with Crippen molar-refractivity contribution in [1.82, 2.24) is 9.97 Å². The quantitative estimate of drug-likeness (QED) is 0.849. The molecule has 104 valence electrons. The molecule has 0 fully saturated rings. The molecule has 0 aliphatic carbocycles. The molecule has 2 N–H and O–H groups in total. The van der Waals surface area contributed by atoms with E-state index in [1.54, 1.807) is 18.3 Å². The number of anilines is 2. The molecule has 0 bridgehead atoms. The average molecular weight is 291 g/mol. The Morgan fingerprint density at radius 2 is 2.10 bits per heavy atom. The van der Waals surface area contributed by atoms with Crippen molar-refractivity contribution in [2.45, 2.75) is 13.8 Å². The van der Waals surface area contributed by atoms with Gasteiger partial charge in [0, 0.05) is 18.3 Å². The predicted molar refractivity (Wildman–Crippen MR) is 80.3 cm³/mol. The van der Waals surface area contributed by atoms with Crippen LogP contribution in [0.5, 0.6) is 0 Å². The first-order chi connectivity index (χ1) is 9.58. The molecule has 6 heteroatoms. The highest BCUT2D eigenvalue weighted by Gasteiger charge is 2.10. The van der Waals surface area contributed by atoms with Gasteiger partial charge in [0.25, 0.3) is 5.91 Å². The number of nitrogens with zero attached hydrogens (tertiary/aromatic N) is 2. The first-order valence-electron chi connectivity index (χ1n) is 6.24. The lowest BCUT2D eigenvalue weighted by atomic mass is 10.2. The molecule has 5 nitrogen and oxygen atoms in total. The van der Waals surface area contributed by atoms with Crippen LogP contribution in [0.3, 0.4) is 0 Å². The molecule has 0 aliphatic rings. The summed E-state index contributed by atoms with van der Waals surface area (Å²) in [5.74, 6) is 0.807. The van der Waals surface area contributed by atoms with E-state index in [0.717, 1.165) is 5.56 Å². The molecule has 0 unspecified atom stereocenters. The number of pyridine rings is 2. The van der Waals surface area contributed by atoms with Crippen LogP contribution >= 0.6 is 11.6 Å². The van der Waals surface area contributed by atoms with Crippen molar-refractivity contribution < 1.29 is 4.79 Å². The molecule has 0 aliphatic heterocycles. The number of aromatic nitrogens is 2. The molecule has 20 heavy (non-hydrogen) atoms. The van der Waals surface area contributed by atoms with Crippen LogP contribution in [-0.4, -0.2) is 22.4 Å². The van der Waals surface area contributed by atoms with E-state index in [1.165, 1.54) is 6.07 Å². The van der Waals surface area contributed by atoms with Gasteiger partial charge in [-0.2, -0.15) is 0 Å². The Morgan fingerprint density at radius 3 is 2.80 bits per heavy atom. The van der Waals surface area contributed by atoms with Crippen LogP contribution in [0.15, 0.2) is 30.5 Å². The fourth-order valence-electron chi connectivity index (χ4n) is 1.69. The summed E-state index contributed by atoms with van der Waals surface area (Å²) < 4.78 is 0. The maximum atomic E-state index is 12.2. The summed E-state index contributed by atoms with van der Waals surface area (Å²) in [7, 11) is 0. The Labute approximate surface area is 122 Å². The van der Waals surface area contributed by atoms with Gasteiger partial charge in [0.15, 0.2) is 0 Å². The van der Waals surface area contributed by atoms with Crippen LogP contribution in [0.2, 0.25) is 5.15 Å². The molecule has 0 radical (unpaired) electrons. The highest BCUT2D eigenvalue weighted by molar-refractivity contribution is 6.30. The number of halogens is 1.